The minimum atomic E-state index is -1.00. The zero-order valence-corrected chi connectivity index (χ0v) is 25.7. The number of hydroxylamine groups is 2. The first-order valence-electron chi connectivity index (χ1n) is 14.7. The van der Waals surface area contributed by atoms with Crippen molar-refractivity contribution in [3.8, 4) is 0 Å². The second-order valence-corrected chi connectivity index (χ2v) is 11.2. The number of likely N-dealkylation sites (N-methyl/N-ethyl adjacent to an activating group) is 1. The molecule has 0 aliphatic heterocycles. The molecular weight excluding hydrogens is 548 g/mol. The van der Waals surface area contributed by atoms with Gasteiger partial charge in [-0.1, -0.05) is 75.6 Å². The molecule has 1 aliphatic carbocycles. The minimum absolute atomic E-state index is 0.00219. The van der Waals surface area contributed by atoms with Gasteiger partial charge in [0.2, 0.25) is 11.8 Å². The lowest BCUT2D eigenvalue weighted by Crippen LogP contribution is -2.54. The van der Waals surface area contributed by atoms with Gasteiger partial charge in [0.25, 0.3) is 5.91 Å². The van der Waals surface area contributed by atoms with Crippen molar-refractivity contribution in [1.82, 2.24) is 20.6 Å². The average Bonchev–Trinajstić information content (AvgIpc) is 2.97. The second-order valence-electron chi connectivity index (χ2n) is 10.8. The van der Waals surface area contributed by atoms with E-state index in [2.05, 4.69) is 17.6 Å². The van der Waals surface area contributed by atoms with Gasteiger partial charge in [-0.2, -0.15) is 0 Å². The van der Waals surface area contributed by atoms with Crippen LogP contribution in [0.1, 0.15) is 83.1 Å². The number of alkyl carbamates (subject to hydrolysis) is 1. The van der Waals surface area contributed by atoms with Crippen LogP contribution in [-0.2, 0) is 30.6 Å². The van der Waals surface area contributed by atoms with Crippen LogP contribution in [0.15, 0.2) is 24.3 Å². The highest BCUT2D eigenvalue weighted by Gasteiger charge is 2.31. The Balaban J connectivity index is 2.09. The molecule has 0 radical (unpaired) electrons. The number of hydrogen-bond donors (Lipinski definition) is 2. The maximum Gasteiger partial charge on any atom is 0.408 e. The molecule has 11 heteroatoms. The molecule has 2 atom stereocenters. The van der Waals surface area contributed by atoms with Crippen molar-refractivity contribution >= 4 is 35.4 Å². The standard InChI is InChI=1S/C30H47ClN4O6/c1-5-6-10-18-34(2)27(36)17-16-25(29(38)35(3)40-4)32-28(37)26(20-22-12-8-7-9-13-22)33-30(39)41-21-23-14-11-15-24(31)19-23/h11,14-15,19,22,25-26H,5-10,12-13,16-18,20-21H2,1-4H3,(H,32,37)(H,33,39)/t25-,26-/m0/s1. The molecule has 1 aromatic rings. The molecule has 4 amide bonds. The molecule has 2 rings (SSSR count). The molecule has 1 saturated carbocycles. The highest BCUT2D eigenvalue weighted by molar-refractivity contribution is 6.30. The van der Waals surface area contributed by atoms with Crippen LogP contribution in [0.4, 0.5) is 4.79 Å². The number of carbonyl (C=O) groups is 4. The van der Waals surface area contributed by atoms with Gasteiger partial charge in [-0.15, -0.1) is 0 Å². The number of ether oxygens (including phenoxy) is 1. The summed E-state index contributed by atoms with van der Waals surface area (Å²) >= 11 is 6.02. The molecule has 0 aromatic heterocycles. The molecule has 230 valence electrons. The van der Waals surface area contributed by atoms with Crippen LogP contribution in [0.2, 0.25) is 5.02 Å². The summed E-state index contributed by atoms with van der Waals surface area (Å²) in [5, 5.41) is 7.06. The Morgan fingerprint density at radius 3 is 2.44 bits per heavy atom. The zero-order chi connectivity index (χ0) is 30.2. The summed E-state index contributed by atoms with van der Waals surface area (Å²) in [6, 6.07) is 5.08. The molecule has 0 bridgehead atoms. The number of halogens is 1. The molecular formula is C30H47ClN4O6. The van der Waals surface area contributed by atoms with Crippen molar-refractivity contribution in [3.05, 3.63) is 34.9 Å². The number of rotatable bonds is 16. The van der Waals surface area contributed by atoms with Crippen molar-refractivity contribution in [2.24, 2.45) is 5.92 Å². The Labute approximate surface area is 249 Å². The van der Waals surface area contributed by atoms with Crippen molar-refractivity contribution in [3.63, 3.8) is 0 Å². The van der Waals surface area contributed by atoms with Gasteiger partial charge in [0.1, 0.15) is 18.7 Å². The quantitative estimate of drug-likeness (QED) is 0.209. The predicted octanol–water partition coefficient (Wildman–Crippen LogP) is 4.84. The molecule has 1 aromatic carbocycles. The number of nitrogens with one attached hydrogen (secondary N) is 2. The molecule has 0 spiro atoms. The van der Waals surface area contributed by atoms with E-state index in [1.165, 1.54) is 14.2 Å². The van der Waals surface area contributed by atoms with Gasteiger partial charge < -0.3 is 20.3 Å². The molecule has 10 nitrogen and oxygen atoms in total. The maximum absolute atomic E-state index is 13.5. The van der Waals surface area contributed by atoms with Crippen molar-refractivity contribution < 1.29 is 28.8 Å². The summed E-state index contributed by atoms with van der Waals surface area (Å²) < 4.78 is 5.37. The lowest BCUT2D eigenvalue weighted by Gasteiger charge is -2.29. The van der Waals surface area contributed by atoms with Crippen LogP contribution in [0.5, 0.6) is 0 Å². The third kappa shape index (κ3) is 12.7. The Hall–Kier alpha value is -2.85. The van der Waals surface area contributed by atoms with E-state index in [9.17, 15) is 19.2 Å². The van der Waals surface area contributed by atoms with E-state index in [1.54, 1.807) is 36.2 Å². The van der Waals surface area contributed by atoms with Crippen LogP contribution in [0.25, 0.3) is 0 Å². The van der Waals surface area contributed by atoms with Crippen LogP contribution >= 0.6 is 11.6 Å². The molecule has 1 aliphatic rings. The second kappa shape index (κ2) is 18.6. The number of carbonyl (C=O) groups excluding carboxylic acids is 4. The minimum Gasteiger partial charge on any atom is -0.445 e. The van der Waals surface area contributed by atoms with E-state index in [0.717, 1.165) is 62.0 Å². The number of nitrogens with zero attached hydrogens (tertiary/aromatic N) is 2. The van der Waals surface area contributed by atoms with Gasteiger partial charge in [-0.3, -0.25) is 19.2 Å². The van der Waals surface area contributed by atoms with Crippen molar-refractivity contribution in [2.75, 3.05) is 27.7 Å². The van der Waals surface area contributed by atoms with Crippen LogP contribution in [0.3, 0.4) is 0 Å². The number of hydrogen-bond acceptors (Lipinski definition) is 6. The normalized spacial score (nSPS) is 15.0. The highest BCUT2D eigenvalue weighted by atomic mass is 35.5. The number of amides is 4. The summed E-state index contributed by atoms with van der Waals surface area (Å²) in [5.74, 6) is -0.819. The molecule has 41 heavy (non-hydrogen) atoms. The Bertz CT molecular complexity index is 987. The van der Waals surface area contributed by atoms with Gasteiger partial charge >= 0.3 is 6.09 Å². The fourth-order valence-electron chi connectivity index (χ4n) is 4.97. The van der Waals surface area contributed by atoms with Crippen LogP contribution in [-0.4, -0.2) is 73.6 Å². The smallest absolute Gasteiger partial charge is 0.408 e. The predicted molar refractivity (Wildman–Crippen MR) is 158 cm³/mol. The SMILES string of the molecule is CCCCCN(C)C(=O)CC[C@H](NC(=O)[C@H](CC1CCCCC1)NC(=O)OCc1cccc(Cl)c1)C(=O)N(C)OC. The van der Waals surface area contributed by atoms with Gasteiger partial charge in [-0.05, 0) is 42.9 Å². The third-order valence-corrected chi connectivity index (χ3v) is 7.76. The third-order valence-electron chi connectivity index (χ3n) is 7.53. The Kier molecular flexibility index (Phi) is 15.5. The van der Waals surface area contributed by atoms with E-state index in [0.29, 0.717) is 18.0 Å². The molecule has 0 unspecified atom stereocenters. The fraction of sp³-hybridized carbons (Fsp3) is 0.667. The summed E-state index contributed by atoms with van der Waals surface area (Å²) in [7, 11) is 4.55. The van der Waals surface area contributed by atoms with E-state index in [1.807, 2.05) is 0 Å². The van der Waals surface area contributed by atoms with E-state index < -0.39 is 30.0 Å². The summed E-state index contributed by atoms with van der Waals surface area (Å²) in [5.41, 5.74) is 0.721. The fourth-order valence-corrected chi connectivity index (χ4v) is 5.18. The van der Waals surface area contributed by atoms with Crippen molar-refractivity contribution in [1.29, 1.82) is 0 Å². The van der Waals surface area contributed by atoms with Gasteiger partial charge in [0.05, 0.1) is 7.11 Å². The van der Waals surface area contributed by atoms with E-state index in [4.69, 9.17) is 21.2 Å². The lowest BCUT2D eigenvalue weighted by atomic mass is 9.84. The van der Waals surface area contributed by atoms with Gasteiger partial charge in [0, 0.05) is 32.1 Å². The molecule has 0 saturated heterocycles. The summed E-state index contributed by atoms with van der Waals surface area (Å²) in [6.07, 6.45) is 8.12. The Morgan fingerprint density at radius 1 is 1.05 bits per heavy atom. The Morgan fingerprint density at radius 2 is 1.78 bits per heavy atom. The molecule has 2 N–H and O–H groups in total. The van der Waals surface area contributed by atoms with E-state index >= 15 is 0 Å². The number of benzene rings is 1. The monoisotopic (exact) mass is 594 g/mol. The first-order valence-corrected chi connectivity index (χ1v) is 15.1. The first-order chi connectivity index (χ1) is 19.6. The van der Waals surface area contributed by atoms with Gasteiger partial charge in [0.15, 0.2) is 0 Å². The van der Waals surface area contributed by atoms with Crippen LogP contribution in [0, 0.1) is 5.92 Å². The molecule has 0 heterocycles. The lowest BCUT2D eigenvalue weighted by molar-refractivity contribution is -0.172. The zero-order valence-electron chi connectivity index (χ0n) is 25.0. The summed E-state index contributed by atoms with van der Waals surface area (Å²) in [6.45, 7) is 2.74. The highest BCUT2D eigenvalue weighted by Crippen LogP contribution is 2.27. The first kappa shape index (κ1) is 34.4. The maximum atomic E-state index is 13.5. The largest absolute Gasteiger partial charge is 0.445 e. The topological polar surface area (TPSA) is 117 Å². The molecule has 1 fully saturated rings. The summed E-state index contributed by atoms with van der Waals surface area (Å²) in [4.78, 5) is 58.8. The number of unbranched alkanes of at least 4 members (excludes halogenated alkanes) is 2. The van der Waals surface area contributed by atoms with Crippen LogP contribution < -0.4 is 10.6 Å². The van der Waals surface area contributed by atoms with E-state index in [-0.39, 0.29) is 31.3 Å². The average molecular weight is 595 g/mol. The van der Waals surface area contributed by atoms with Gasteiger partial charge in [-0.25, -0.2) is 9.86 Å². The van der Waals surface area contributed by atoms with Crippen molar-refractivity contribution in [2.45, 2.75) is 96.2 Å².